The van der Waals surface area contributed by atoms with E-state index < -0.39 is 29.0 Å². The van der Waals surface area contributed by atoms with Crippen molar-refractivity contribution in [2.45, 2.75) is 45.1 Å². The second-order valence-corrected chi connectivity index (χ2v) is 10.1. The Balaban J connectivity index is 1.42. The average molecular weight is 540 g/mol. The predicted molar refractivity (Wildman–Crippen MR) is 143 cm³/mol. The molecule has 0 amide bonds. The van der Waals surface area contributed by atoms with Gasteiger partial charge in [0.2, 0.25) is 0 Å². The van der Waals surface area contributed by atoms with E-state index in [0.29, 0.717) is 44.6 Å². The van der Waals surface area contributed by atoms with Crippen LogP contribution in [0, 0.1) is 34.7 Å². The molecule has 4 rings (SSSR count). The molecule has 9 heteroatoms. The molecular weight excluding hydrogens is 507 g/mol. The van der Waals surface area contributed by atoms with Crippen LogP contribution in [0.15, 0.2) is 36.5 Å². The molecule has 0 radical (unpaired) electrons. The molecule has 39 heavy (non-hydrogen) atoms. The fourth-order valence-electron chi connectivity index (χ4n) is 5.43. The highest BCUT2D eigenvalue weighted by Gasteiger charge is 2.36. The number of fused-ring (bicyclic) bond motifs is 1. The van der Waals surface area contributed by atoms with Gasteiger partial charge in [0.1, 0.15) is 23.2 Å². The van der Waals surface area contributed by atoms with Crippen LogP contribution in [0.4, 0.5) is 13.2 Å². The number of nitrogens with two attached hydrogens (primary N) is 1. The fourth-order valence-corrected chi connectivity index (χ4v) is 5.43. The Kier molecular flexibility index (Phi) is 9.10. The van der Waals surface area contributed by atoms with Gasteiger partial charge < -0.3 is 15.6 Å². The van der Waals surface area contributed by atoms with E-state index in [2.05, 4.69) is 16.8 Å². The van der Waals surface area contributed by atoms with Crippen molar-refractivity contribution in [3.8, 4) is 17.6 Å². The maximum Gasteiger partial charge on any atom is 0.303 e. The van der Waals surface area contributed by atoms with Crippen LogP contribution in [0.25, 0.3) is 10.9 Å². The molecule has 0 aliphatic carbocycles. The molecule has 6 nitrogen and oxygen atoms in total. The number of piperidine rings is 1. The quantitative estimate of drug-likeness (QED) is 0.370. The van der Waals surface area contributed by atoms with E-state index in [1.807, 2.05) is 23.1 Å². The maximum atomic E-state index is 13.8. The third-order valence-corrected chi connectivity index (χ3v) is 7.60. The topological polar surface area (TPSA) is 88.7 Å². The van der Waals surface area contributed by atoms with Crippen molar-refractivity contribution in [2.24, 2.45) is 11.1 Å². The molecule has 0 spiro atoms. The van der Waals surface area contributed by atoms with Crippen LogP contribution < -0.4 is 10.5 Å². The van der Waals surface area contributed by atoms with Gasteiger partial charge in [-0.3, -0.25) is 14.7 Å². The number of aromatic nitrogens is 1. The molecular formula is C30H32F3N3O3. The standard InChI is InChI=1S/C30H32F3N3O3/c1-39-22-6-7-28-25(16-22)23(20(18-34)19-35-28)4-2-8-30(17-29(37)38)9-12-36(13-10-30)11-3-5-24-26(32)14-21(31)15-27(24)33/h6-7,14-16,19H,2,4,8-13,17-18,34H2,1H3,(H,37,38). The predicted octanol–water partition coefficient (Wildman–Crippen LogP) is 5.05. The molecule has 0 saturated carbocycles. The molecule has 3 aromatic rings. The van der Waals surface area contributed by atoms with E-state index in [0.717, 1.165) is 47.0 Å². The molecule has 1 aromatic heterocycles. The van der Waals surface area contributed by atoms with Crippen LogP contribution in [0.1, 0.15) is 48.8 Å². The zero-order valence-corrected chi connectivity index (χ0v) is 21.9. The number of ether oxygens (including phenoxy) is 1. The minimum Gasteiger partial charge on any atom is -0.497 e. The minimum absolute atomic E-state index is 0.0766. The first-order valence-corrected chi connectivity index (χ1v) is 13.0. The van der Waals surface area contributed by atoms with Gasteiger partial charge in [-0.25, -0.2) is 13.2 Å². The molecule has 0 bridgehead atoms. The zero-order valence-electron chi connectivity index (χ0n) is 21.9. The number of pyridine rings is 1. The summed E-state index contributed by atoms with van der Waals surface area (Å²) >= 11 is 0. The zero-order chi connectivity index (χ0) is 28.0. The number of aryl methyl sites for hydroxylation is 1. The fraction of sp³-hybridized carbons (Fsp3) is 0.400. The Labute approximate surface area is 226 Å². The molecule has 206 valence electrons. The van der Waals surface area contributed by atoms with E-state index in [9.17, 15) is 23.1 Å². The van der Waals surface area contributed by atoms with Crippen LogP contribution in [0.2, 0.25) is 0 Å². The van der Waals surface area contributed by atoms with Crippen molar-refractivity contribution in [2.75, 3.05) is 26.7 Å². The van der Waals surface area contributed by atoms with E-state index in [1.165, 1.54) is 0 Å². The summed E-state index contributed by atoms with van der Waals surface area (Å²) in [4.78, 5) is 18.3. The first-order chi connectivity index (χ1) is 18.7. The van der Waals surface area contributed by atoms with Crippen LogP contribution in [0.3, 0.4) is 0 Å². The van der Waals surface area contributed by atoms with Crippen molar-refractivity contribution >= 4 is 16.9 Å². The van der Waals surface area contributed by atoms with Crippen LogP contribution >= 0.6 is 0 Å². The lowest BCUT2D eigenvalue weighted by molar-refractivity contribution is -0.140. The number of methoxy groups -OCH3 is 1. The first kappa shape index (κ1) is 28.4. The molecule has 1 aliphatic rings. The molecule has 1 fully saturated rings. The summed E-state index contributed by atoms with van der Waals surface area (Å²) in [5, 5.41) is 10.7. The molecule has 0 atom stereocenters. The third kappa shape index (κ3) is 6.88. The van der Waals surface area contributed by atoms with Gasteiger partial charge in [-0.05, 0) is 79.9 Å². The van der Waals surface area contributed by atoms with E-state index >= 15 is 0 Å². The number of carbonyl (C=O) groups is 1. The number of nitrogens with zero attached hydrogens (tertiary/aromatic N) is 2. The number of carboxylic acids is 1. The number of rotatable bonds is 9. The summed E-state index contributed by atoms with van der Waals surface area (Å²) < 4.78 is 46.2. The molecule has 1 aliphatic heterocycles. The van der Waals surface area contributed by atoms with E-state index in [1.54, 1.807) is 13.3 Å². The van der Waals surface area contributed by atoms with Gasteiger partial charge in [-0.2, -0.15) is 0 Å². The second-order valence-electron chi connectivity index (χ2n) is 10.1. The summed E-state index contributed by atoms with van der Waals surface area (Å²) in [6, 6.07) is 6.97. The van der Waals surface area contributed by atoms with Gasteiger partial charge in [0.15, 0.2) is 0 Å². The minimum atomic E-state index is -1.03. The van der Waals surface area contributed by atoms with Crippen LogP contribution in [-0.2, 0) is 17.8 Å². The summed E-state index contributed by atoms with van der Waals surface area (Å²) in [5.74, 6) is 2.10. The Morgan fingerprint density at radius 3 is 2.54 bits per heavy atom. The van der Waals surface area contributed by atoms with Crippen molar-refractivity contribution in [1.82, 2.24) is 9.88 Å². The highest BCUT2D eigenvalue weighted by molar-refractivity contribution is 5.84. The largest absolute Gasteiger partial charge is 0.497 e. The van der Waals surface area contributed by atoms with Gasteiger partial charge in [0, 0.05) is 30.3 Å². The first-order valence-electron chi connectivity index (χ1n) is 13.0. The molecule has 0 unspecified atom stereocenters. The number of aliphatic carboxylic acids is 1. The van der Waals surface area contributed by atoms with Crippen LogP contribution in [0.5, 0.6) is 5.75 Å². The second kappa shape index (κ2) is 12.5. The normalized spacial score (nSPS) is 15.1. The van der Waals surface area contributed by atoms with Crippen molar-refractivity contribution in [1.29, 1.82) is 0 Å². The SMILES string of the molecule is COc1ccc2ncc(CN)c(CCCC3(CC(=O)O)CCN(CC#Cc4c(F)cc(F)cc4F)CC3)c2c1. The maximum absolute atomic E-state index is 13.8. The number of carboxylic acid groups (broad SMARTS) is 1. The number of hydrogen-bond donors (Lipinski definition) is 2. The Morgan fingerprint density at radius 1 is 1.18 bits per heavy atom. The number of benzene rings is 2. The van der Waals surface area contributed by atoms with E-state index in [4.69, 9.17) is 10.5 Å². The highest BCUT2D eigenvalue weighted by atomic mass is 19.1. The Bertz CT molecular complexity index is 1380. The van der Waals surface area contributed by atoms with E-state index in [-0.39, 0.29) is 18.4 Å². The van der Waals surface area contributed by atoms with Gasteiger partial charge in [-0.1, -0.05) is 11.8 Å². The Morgan fingerprint density at radius 2 is 1.90 bits per heavy atom. The summed E-state index contributed by atoms with van der Waals surface area (Å²) in [7, 11) is 1.62. The van der Waals surface area contributed by atoms with Crippen molar-refractivity contribution in [3.63, 3.8) is 0 Å². The van der Waals surface area contributed by atoms with Crippen molar-refractivity contribution < 1.29 is 27.8 Å². The van der Waals surface area contributed by atoms with Gasteiger partial charge in [-0.15, -0.1) is 0 Å². The molecule has 2 heterocycles. The number of hydrogen-bond acceptors (Lipinski definition) is 5. The van der Waals surface area contributed by atoms with Crippen LogP contribution in [-0.4, -0.2) is 47.7 Å². The third-order valence-electron chi connectivity index (χ3n) is 7.60. The Hall–Kier alpha value is -3.61. The summed E-state index contributed by atoms with van der Waals surface area (Å²) in [6.45, 7) is 1.89. The highest BCUT2D eigenvalue weighted by Crippen LogP contribution is 2.40. The summed E-state index contributed by atoms with van der Waals surface area (Å²) in [5.41, 5.74) is 8.14. The molecule has 3 N–H and O–H groups in total. The smallest absolute Gasteiger partial charge is 0.303 e. The lowest BCUT2D eigenvalue weighted by atomic mass is 9.72. The number of halogens is 3. The average Bonchev–Trinajstić information content (AvgIpc) is 2.90. The molecule has 1 saturated heterocycles. The monoisotopic (exact) mass is 539 g/mol. The number of likely N-dealkylation sites (tertiary alicyclic amines) is 1. The van der Waals surface area contributed by atoms with Gasteiger partial charge in [0.25, 0.3) is 0 Å². The van der Waals surface area contributed by atoms with Crippen molar-refractivity contribution in [3.05, 3.63) is 70.7 Å². The van der Waals surface area contributed by atoms with Gasteiger partial charge in [0.05, 0.1) is 31.2 Å². The van der Waals surface area contributed by atoms with Gasteiger partial charge >= 0.3 is 5.97 Å². The lowest BCUT2D eigenvalue weighted by Gasteiger charge is -2.41. The molecule has 2 aromatic carbocycles. The lowest BCUT2D eigenvalue weighted by Crippen LogP contribution is -2.41. The summed E-state index contributed by atoms with van der Waals surface area (Å²) in [6.07, 6.45) is 5.50.